The zero-order valence-electron chi connectivity index (χ0n) is 14.6. The van der Waals surface area contributed by atoms with Crippen LogP contribution in [0.15, 0.2) is 47.0 Å². The van der Waals surface area contributed by atoms with Gasteiger partial charge in [-0.3, -0.25) is 4.90 Å². The molecular weight excluding hydrogens is 296 g/mol. The Bertz CT molecular complexity index is 844. The summed E-state index contributed by atoms with van der Waals surface area (Å²) >= 11 is 0. The fourth-order valence-corrected chi connectivity index (χ4v) is 3.56. The molecule has 2 aromatic carbocycles. The number of aryl methyl sites for hydroxylation is 2. The Morgan fingerprint density at radius 3 is 2.54 bits per heavy atom. The number of nitrogens with zero attached hydrogens (tertiary/aromatic N) is 2. The monoisotopic (exact) mass is 320 g/mol. The van der Waals surface area contributed by atoms with Crippen LogP contribution in [0.25, 0.3) is 10.8 Å². The normalized spacial score (nSPS) is 16.0. The third kappa shape index (κ3) is 2.84. The molecule has 24 heavy (non-hydrogen) atoms. The van der Waals surface area contributed by atoms with E-state index in [1.165, 1.54) is 34.7 Å². The molecule has 3 nitrogen and oxygen atoms in total. The zero-order chi connectivity index (χ0) is 16.7. The van der Waals surface area contributed by atoms with Gasteiger partial charge in [0.25, 0.3) is 0 Å². The van der Waals surface area contributed by atoms with Crippen molar-refractivity contribution in [2.45, 2.75) is 52.2 Å². The molecule has 1 heterocycles. The molecule has 0 unspecified atom stereocenters. The molecule has 1 aliphatic carbocycles. The molecule has 0 aliphatic heterocycles. The van der Waals surface area contributed by atoms with Crippen LogP contribution in [0.4, 0.5) is 0 Å². The maximum absolute atomic E-state index is 5.36. The Kier molecular flexibility index (Phi) is 3.89. The van der Waals surface area contributed by atoms with Crippen molar-refractivity contribution in [1.29, 1.82) is 0 Å². The Hall–Kier alpha value is -2.13. The SMILES string of the molecule is Cc1noc(C)c1CN(C1CC1)[C@H](C)c1ccc2ccccc2c1. The second-order valence-corrected chi connectivity index (χ2v) is 6.99. The molecule has 0 bridgehead atoms. The molecule has 3 heteroatoms. The highest BCUT2D eigenvalue weighted by atomic mass is 16.5. The van der Waals surface area contributed by atoms with E-state index in [0.29, 0.717) is 12.1 Å². The van der Waals surface area contributed by atoms with Crippen molar-refractivity contribution in [3.05, 3.63) is 65.0 Å². The predicted octanol–water partition coefficient (Wildman–Crippen LogP) is 5.17. The average Bonchev–Trinajstić information content (AvgIpc) is 3.39. The van der Waals surface area contributed by atoms with Gasteiger partial charge >= 0.3 is 0 Å². The smallest absolute Gasteiger partial charge is 0.138 e. The van der Waals surface area contributed by atoms with Gasteiger partial charge in [0.2, 0.25) is 0 Å². The summed E-state index contributed by atoms with van der Waals surface area (Å²) in [5.41, 5.74) is 3.64. The lowest BCUT2D eigenvalue weighted by Crippen LogP contribution is -2.29. The summed E-state index contributed by atoms with van der Waals surface area (Å²) in [7, 11) is 0. The number of hydrogen-bond acceptors (Lipinski definition) is 3. The van der Waals surface area contributed by atoms with Gasteiger partial charge in [0.05, 0.1) is 5.69 Å². The van der Waals surface area contributed by atoms with Crippen molar-refractivity contribution in [3.63, 3.8) is 0 Å². The highest BCUT2D eigenvalue weighted by molar-refractivity contribution is 5.83. The van der Waals surface area contributed by atoms with E-state index in [9.17, 15) is 0 Å². The van der Waals surface area contributed by atoms with Gasteiger partial charge in [-0.1, -0.05) is 41.6 Å². The predicted molar refractivity (Wildman–Crippen MR) is 96.9 cm³/mol. The summed E-state index contributed by atoms with van der Waals surface area (Å²) in [5.74, 6) is 0.948. The van der Waals surface area contributed by atoms with Gasteiger partial charge in [-0.2, -0.15) is 0 Å². The van der Waals surface area contributed by atoms with Gasteiger partial charge in [0.15, 0.2) is 0 Å². The number of benzene rings is 2. The van der Waals surface area contributed by atoms with E-state index in [4.69, 9.17) is 4.52 Å². The minimum absolute atomic E-state index is 0.385. The van der Waals surface area contributed by atoms with Crippen LogP contribution in [0.2, 0.25) is 0 Å². The summed E-state index contributed by atoms with van der Waals surface area (Å²) in [6, 6.07) is 16.5. The van der Waals surface area contributed by atoms with Gasteiger partial charge in [-0.05, 0) is 56.0 Å². The molecule has 1 aliphatic rings. The van der Waals surface area contributed by atoms with Gasteiger partial charge in [0.1, 0.15) is 5.76 Å². The Labute approximate surface area is 143 Å². The second kappa shape index (κ2) is 6.06. The molecule has 0 saturated heterocycles. The maximum atomic E-state index is 5.36. The second-order valence-electron chi connectivity index (χ2n) is 6.99. The van der Waals surface area contributed by atoms with Gasteiger partial charge < -0.3 is 4.52 Å². The molecule has 1 atom stereocenters. The van der Waals surface area contributed by atoms with Crippen molar-refractivity contribution < 1.29 is 4.52 Å². The summed E-state index contributed by atoms with van der Waals surface area (Å²) < 4.78 is 5.36. The van der Waals surface area contributed by atoms with E-state index >= 15 is 0 Å². The number of rotatable bonds is 5. The van der Waals surface area contributed by atoms with Gasteiger partial charge in [-0.25, -0.2) is 0 Å². The van der Waals surface area contributed by atoms with Crippen molar-refractivity contribution in [1.82, 2.24) is 10.1 Å². The summed E-state index contributed by atoms with van der Waals surface area (Å²) in [6.07, 6.45) is 2.59. The summed E-state index contributed by atoms with van der Waals surface area (Å²) in [5, 5.41) is 6.74. The third-order valence-electron chi connectivity index (χ3n) is 5.29. The number of aromatic nitrogens is 1. The minimum Gasteiger partial charge on any atom is -0.361 e. The molecule has 124 valence electrons. The Balaban J connectivity index is 1.64. The quantitative estimate of drug-likeness (QED) is 0.649. The lowest BCUT2D eigenvalue weighted by atomic mass is 10.0. The largest absolute Gasteiger partial charge is 0.361 e. The molecule has 0 radical (unpaired) electrons. The standard InChI is InChI=1S/C21H24N2O/c1-14-21(16(3)24-22-14)13-23(20-10-11-20)15(2)18-9-8-17-6-4-5-7-19(17)12-18/h4-9,12,15,20H,10-11,13H2,1-3H3/t15-/m1/s1. The summed E-state index contributed by atoms with van der Waals surface area (Å²) in [4.78, 5) is 2.61. The van der Waals surface area contributed by atoms with Crippen LogP contribution in [-0.4, -0.2) is 16.1 Å². The highest BCUT2D eigenvalue weighted by Gasteiger charge is 2.33. The maximum Gasteiger partial charge on any atom is 0.138 e. The molecule has 1 aromatic heterocycles. The van der Waals surface area contributed by atoms with Crippen molar-refractivity contribution in [2.75, 3.05) is 0 Å². The first-order chi connectivity index (χ1) is 11.6. The van der Waals surface area contributed by atoms with Gasteiger partial charge in [-0.15, -0.1) is 0 Å². The van der Waals surface area contributed by atoms with Gasteiger partial charge in [0, 0.05) is 24.2 Å². The van der Waals surface area contributed by atoms with E-state index in [1.54, 1.807) is 0 Å². The van der Waals surface area contributed by atoms with Crippen LogP contribution in [0.3, 0.4) is 0 Å². The topological polar surface area (TPSA) is 29.3 Å². The van der Waals surface area contributed by atoms with Crippen LogP contribution in [-0.2, 0) is 6.54 Å². The molecule has 3 aromatic rings. The van der Waals surface area contributed by atoms with Crippen molar-refractivity contribution >= 4 is 10.8 Å². The molecule has 0 N–H and O–H groups in total. The molecule has 0 spiro atoms. The first-order valence-corrected chi connectivity index (χ1v) is 8.79. The van der Waals surface area contributed by atoms with E-state index in [-0.39, 0.29) is 0 Å². The Morgan fingerprint density at radius 1 is 1.12 bits per heavy atom. The zero-order valence-corrected chi connectivity index (χ0v) is 14.6. The number of hydrogen-bond donors (Lipinski definition) is 0. The first-order valence-electron chi connectivity index (χ1n) is 8.79. The Morgan fingerprint density at radius 2 is 1.88 bits per heavy atom. The molecule has 1 saturated carbocycles. The fourth-order valence-electron chi connectivity index (χ4n) is 3.56. The summed E-state index contributed by atoms with van der Waals surface area (Å²) in [6.45, 7) is 7.29. The molecular formula is C21H24N2O. The van der Waals surface area contributed by atoms with E-state index in [2.05, 4.69) is 59.4 Å². The highest BCUT2D eigenvalue weighted by Crippen LogP contribution is 2.37. The van der Waals surface area contributed by atoms with Crippen LogP contribution in [0.1, 0.15) is 48.4 Å². The van der Waals surface area contributed by atoms with Crippen molar-refractivity contribution in [2.24, 2.45) is 0 Å². The average molecular weight is 320 g/mol. The van der Waals surface area contributed by atoms with Crippen LogP contribution in [0, 0.1) is 13.8 Å². The molecule has 1 fully saturated rings. The van der Waals surface area contributed by atoms with E-state index < -0.39 is 0 Å². The minimum atomic E-state index is 0.385. The lowest BCUT2D eigenvalue weighted by Gasteiger charge is -2.29. The van der Waals surface area contributed by atoms with Crippen LogP contribution < -0.4 is 0 Å². The molecule has 0 amide bonds. The number of fused-ring (bicyclic) bond motifs is 1. The van der Waals surface area contributed by atoms with Crippen molar-refractivity contribution in [3.8, 4) is 0 Å². The molecule has 4 rings (SSSR count). The van der Waals surface area contributed by atoms with Crippen LogP contribution in [0.5, 0.6) is 0 Å². The lowest BCUT2D eigenvalue weighted by molar-refractivity contribution is 0.189. The van der Waals surface area contributed by atoms with E-state index in [0.717, 1.165) is 18.0 Å². The van der Waals surface area contributed by atoms with E-state index in [1.807, 2.05) is 13.8 Å². The first kappa shape index (κ1) is 15.4. The fraction of sp³-hybridized carbons (Fsp3) is 0.381. The van der Waals surface area contributed by atoms with Crippen LogP contribution >= 0.6 is 0 Å². The third-order valence-corrected chi connectivity index (χ3v) is 5.29.